The van der Waals surface area contributed by atoms with Gasteiger partial charge >= 0.3 is 6.09 Å². The monoisotopic (exact) mass is 473 g/mol. The van der Waals surface area contributed by atoms with E-state index in [0.717, 1.165) is 22.3 Å². The third-order valence-corrected chi connectivity index (χ3v) is 5.96. The second-order valence-corrected chi connectivity index (χ2v) is 8.13. The van der Waals surface area contributed by atoms with Gasteiger partial charge in [0, 0.05) is 24.2 Å². The van der Waals surface area contributed by atoms with Crippen molar-refractivity contribution in [1.29, 1.82) is 0 Å². The van der Waals surface area contributed by atoms with Gasteiger partial charge in [-0.3, -0.25) is 0 Å². The summed E-state index contributed by atoms with van der Waals surface area (Å²) in [6, 6.07) is 16.2. The van der Waals surface area contributed by atoms with Crippen LogP contribution in [0.25, 0.3) is 11.1 Å². The molecule has 166 valence electrons. The Morgan fingerprint density at radius 2 is 1.69 bits per heavy atom. The Kier molecular flexibility index (Phi) is 6.91. The van der Waals surface area contributed by atoms with E-state index < -0.39 is 18.3 Å². The fourth-order valence-electron chi connectivity index (χ4n) is 3.89. The highest BCUT2D eigenvalue weighted by molar-refractivity contribution is 6.32. The van der Waals surface area contributed by atoms with Crippen molar-refractivity contribution >= 4 is 29.3 Å². The Morgan fingerprint density at radius 1 is 1.06 bits per heavy atom. The molecule has 1 aromatic heterocycles. The first-order valence-electron chi connectivity index (χ1n) is 10.1. The summed E-state index contributed by atoms with van der Waals surface area (Å²) in [6.07, 6.45) is -1.77. The van der Waals surface area contributed by atoms with Gasteiger partial charge in [-0.05, 0) is 40.3 Å². The molecule has 0 saturated heterocycles. The van der Waals surface area contributed by atoms with Crippen LogP contribution in [0.3, 0.4) is 0 Å². The number of amides is 1. The van der Waals surface area contributed by atoms with E-state index in [1.807, 2.05) is 36.4 Å². The molecule has 0 fully saturated rings. The smallest absolute Gasteiger partial charge is 0.407 e. The number of alkyl carbamates (subject to hydrolysis) is 1. The normalized spacial score (nSPS) is 14.4. The third kappa shape index (κ3) is 4.71. The highest BCUT2D eigenvalue weighted by atomic mass is 35.5. The molecule has 2 unspecified atom stereocenters. The molecule has 1 aliphatic carbocycles. The molecule has 2 atom stereocenters. The molecule has 32 heavy (non-hydrogen) atoms. The number of nitrogens with one attached hydrogen (secondary N) is 1. The quantitative estimate of drug-likeness (QED) is 0.352. The third-order valence-electron chi connectivity index (χ3n) is 5.48. The van der Waals surface area contributed by atoms with Crippen LogP contribution in [-0.4, -0.2) is 45.5 Å². The summed E-state index contributed by atoms with van der Waals surface area (Å²) in [5.74, 6) is -0.0346. The lowest BCUT2D eigenvalue weighted by atomic mass is 9.98. The summed E-state index contributed by atoms with van der Waals surface area (Å²) in [5.41, 5.74) is 4.71. The van der Waals surface area contributed by atoms with Crippen molar-refractivity contribution in [1.82, 2.24) is 15.3 Å². The molecule has 0 radical (unpaired) electrons. The van der Waals surface area contributed by atoms with Crippen molar-refractivity contribution in [3.63, 3.8) is 0 Å². The van der Waals surface area contributed by atoms with E-state index in [2.05, 4.69) is 27.4 Å². The molecule has 4 rings (SSSR count). The molecule has 0 spiro atoms. The maximum absolute atomic E-state index is 12.2. The number of halogens is 2. The SMILES string of the molecule is O=C(NCCC(O)C(O)c1cnc(Cl)nc1Cl)OCC1c2ccccc2-c2ccccc21. The molecule has 3 aromatic rings. The van der Waals surface area contributed by atoms with Crippen LogP contribution in [0.2, 0.25) is 10.4 Å². The number of carbonyl (C=O) groups excluding carboxylic acids is 1. The van der Waals surface area contributed by atoms with Crippen LogP contribution in [-0.2, 0) is 4.74 Å². The van der Waals surface area contributed by atoms with E-state index in [9.17, 15) is 15.0 Å². The lowest BCUT2D eigenvalue weighted by Crippen LogP contribution is -2.30. The summed E-state index contributed by atoms with van der Waals surface area (Å²) in [7, 11) is 0. The van der Waals surface area contributed by atoms with Gasteiger partial charge < -0.3 is 20.3 Å². The number of hydrogen-bond acceptors (Lipinski definition) is 6. The van der Waals surface area contributed by atoms with Crippen LogP contribution in [0.1, 0.15) is 35.1 Å². The molecule has 7 nitrogen and oxygen atoms in total. The molecule has 3 N–H and O–H groups in total. The molecule has 1 amide bonds. The van der Waals surface area contributed by atoms with Crippen molar-refractivity contribution < 1.29 is 19.7 Å². The zero-order valence-corrected chi connectivity index (χ0v) is 18.4. The first-order valence-corrected chi connectivity index (χ1v) is 10.8. The predicted molar refractivity (Wildman–Crippen MR) is 121 cm³/mol. The average Bonchev–Trinajstić information content (AvgIpc) is 3.11. The van der Waals surface area contributed by atoms with Crippen LogP contribution in [0.15, 0.2) is 54.7 Å². The number of aliphatic hydroxyl groups is 2. The second kappa shape index (κ2) is 9.83. The molecular weight excluding hydrogens is 453 g/mol. The topological polar surface area (TPSA) is 105 Å². The average molecular weight is 474 g/mol. The van der Waals surface area contributed by atoms with Crippen LogP contribution in [0.5, 0.6) is 0 Å². The van der Waals surface area contributed by atoms with Crippen molar-refractivity contribution in [2.75, 3.05) is 13.2 Å². The Bertz CT molecular complexity index is 1080. The number of benzene rings is 2. The Hall–Kier alpha value is -2.71. The van der Waals surface area contributed by atoms with Gasteiger partial charge in [0.15, 0.2) is 0 Å². The number of aromatic nitrogens is 2. The lowest BCUT2D eigenvalue weighted by molar-refractivity contribution is 0.0133. The minimum atomic E-state index is -1.32. The maximum Gasteiger partial charge on any atom is 0.407 e. The zero-order chi connectivity index (χ0) is 22.7. The van der Waals surface area contributed by atoms with Gasteiger partial charge in [0.2, 0.25) is 5.28 Å². The second-order valence-electron chi connectivity index (χ2n) is 7.44. The van der Waals surface area contributed by atoms with E-state index in [-0.39, 0.29) is 41.5 Å². The number of ether oxygens (including phenoxy) is 1. The summed E-state index contributed by atoms with van der Waals surface area (Å²) < 4.78 is 5.45. The van der Waals surface area contributed by atoms with Gasteiger partial charge in [0.25, 0.3) is 0 Å². The number of rotatable bonds is 7. The largest absolute Gasteiger partial charge is 0.449 e. The number of fused-ring (bicyclic) bond motifs is 3. The van der Waals surface area contributed by atoms with E-state index in [1.165, 1.54) is 6.20 Å². The minimum absolute atomic E-state index is 0.0346. The number of aliphatic hydroxyl groups excluding tert-OH is 2. The highest BCUT2D eigenvalue weighted by Gasteiger charge is 2.29. The van der Waals surface area contributed by atoms with Gasteiger partial charge in [0.1, 0.15) is 17.9 Å². The zero-order valence-electron chi connectivity index (χ0n) is 16.9. The summed E-state index contributed by atoms with van der Waals surface area (Å²) >= 11 is 11.6. The highest BCUT2D eigenvalue weighted by Crippen LogP contribution is 2.44. The first-order chi connectivity index (χ1) is 15.5. The van der Waals surface area contributed by atoms with Crippen molar-refractivity contribution in [3.8, 4) is 11.1 Å². The fraction of sp³-hybridized carbons (Fsp3) is 0.261. The molecule has 9 heteroatoms. The van der Waals surface area contributed by atoms with Crippen LogP contribution in [0.4, 0.5) is 4.79 Å². The van der Waals surface area contributed by atoms with Crippen molar-refractivity contribution in [2.45, 2.75) is 24.5 Å². The van der Waals surface area contributed by atoms with Crippen molar-refractivity contribution in [2.24, 2.45) is 0 Å². The van der Waals surface area contributed by atoms with E-state index >= 15 is 0 Å². The molecule has 1 aliphatic rings. The van der Waals surface area contributed by atoms with E-state index in [4.69, 9.17) is 27.9 Å². The minimum Gasteiger partial charge on any atom is -0.449 e. The van der Waals surface area contributed by atoms with Crippen LogP contribution < -0.4 is 5.32 Å². The van der Waals surface area contributed by atoms with Crippen LogP contribution in [0, 0.1) is 0 Å². The summed E-state index contributed by atoms with van der Waals surface area (Å²) in [5, 5.41) is 23.0. The van der Waals surface area contributed by atoms with Gasteiger partial charge in [-0.2, -0.15) is 0 Å². The molecule has 0 aliphatic heterocycles. The van der Waals surface area contributed by atoms with Gasteiger partial charge in [-0.25, -0.2) is 14.8 Å². The molecule has 0 bridgehead atoms. The molecule has 0 saturated carbocycles. The summed E-state index contributed by atoms with van der Waals surface area (Å²) in [4.78, 5) is 19.7. The van der Waals surface area contributed by atoms with Gasteiger partial charge in [-0.15, -0.1) is 0 Å². The van der Waals surface area contributed by atoms with Crippen molar-refractivity contribution in [3.05, 3.63) is 81.9 Å². The van der Waals surface area contributed by atoms with E-state index in [1.54, 1.807) is 0 Å². The predicted octanol–water partition coefficient (Wildman–Crippen LogP) is 4.11. The maximum atomic E-state index is 12.2. The fourth-order valence-corrected chi connectivity index (χ4v) is 4.30. The number of hydrogen-bond donors (Lipinski definition) is 3. The molecular formula is C23H21Cl2N3O4. The lowest BCUT2D eigenvalue weighted by Gasteiger charge is -2.19. The van der Waals surface area contributed by atoms with E-state index in [0.29, 0.717) is 0 Å². The Balaban J connectivity index is 1.29. The number of nitrogens with zero attached hydrogens (tertiary/aromatic N) is 2. The first kappa shape index (κ1) is 22.5. The van der Waals surface area contributed by atoms with Gasteiger partial charge in [-0.1, -0.05) is 60.1 Å². The Labute approximate surface area is 195 Å². The molecule has 2 aromatic carbocycles. The Morgan fingerprint density at radius 3 is 2.31 bits per heavy atom. The molecule has 1 heterocycles. The van der Waals surface area contributed by atoms with Gasteiger partial charge in [0.05, 0.1) is 6.10 Å². The number of carbonyl (C=O) groups is 1. The standard InChI is InChI=1S/C23H21Cl2N3O4/c24-21-17(11-27-22(25)28-21)20(30)19(29)9-10-26-23(31)32-12-18-15-7-3-1-5-13(15)14-6-2-4-8-16(14)18/h1-8,11,18-20,29-30H,9-10,12H2,(H,26,31). The van der Waals surface area contributed by atoms with Crippen LogP contribution >= 0.6 is 23.2 Å². The summed E-state index contributed by atoms with van der Waals surface area (Å²) in [6.45, 7) is 0.295.